The van der Waals surface area contributed by atoms with Crippen molar-refractivity contribution in [3.63, 3.8) is 0 Å². The molecule has 0 bridgehead atoms. The first-order chi connectivity index (χ1) is 9.16. The fraction of sp³-hybridized carbons (Fsp3) is 0.118. The van der Waals surface area contributed by atoms with Gasteiger partial charge in [0, 0.05) is 16.6 Å². The summed E-state index contributed by atoms with van der Waals surface area (Å²) in [5.41, 5.74) is 6.01. The van der Waals surface area contributed by atoms with Crippen molar-refractivity contribution in [3.05, 3.63) is 64.8 Å². The SMILES string of the molecule is Cc1cccc(C)c1-c1ccnc2cc(Cl)ccc12. The van der Waals surface area contributed by atoms with Crippen molar-refractivity contribution in [3.8, 4) is 11.1 Å². The molecule has 2 heteroatoms. The van der Waals surface area contributed by atoms with Crippen LogP contribution < -0.4 is 0 Å². The summed E-state index contributed by atoms with van der Waals surface area (Å²) in [5, 5.41) is 1.86. The second-order valence-electron chi connectivity index (χ2n) is 4.79. The summed E-state index contributed by atoms with van der Waals surface area (Å²) in [5.74, 6) is 0. The van der Waals surface area contributed by atoms with Gasteiger partial charge in [0.1, 0.15) is 0 Å². The van der Waals surface area contributed by atoms with Crippen molar-refractivity contribution in [1.82, 2.24) is 4.98 Å². The number of halogens is 1. The maximum absolute atomic E-state index is 6.04. The molecule has 0 spiro atoms. The maximum Gasteiger partial charge on any atom is 0.0723 e. The molecule has 0 N–H and O–H groups in total. The van der Waals surface area contributed by atoms with E-state index in [9.17, 15) is 0 Å². The molecule has 0 amide bonds. The first-order valence-corrected chi connectivity index (χ1v) is 6.65. The fourth-order valence-electron chi connectivity index (χ4n) is 2.58. The van der Waals surface area contributed by atoms with Crippen LogP contribution in [-0.2, 0) is 0 Å². The molecular weight excluding hydrogens is 254 g/mol. The summed E-state index contributed by atoms with van der Waals surface area (Å²) in [6.07, 6.45) is 1.85. The van der Waals surface area contributed by atoms with Crippen molar-refractivity contribution in [2.75, 3.05) is 0 Å². The minimum Gasteiger partial charge on any atom is -0.256 e. The smallest absolute Gasteiger partial charge is 0.0723 e. The lowest BCUT2D eigenvalue weighted by molar-refractivity contribution is 1.36. The minimum absolute atomic E-state index is 0.721. The molecular formula is C17H14ClN. The average Bonchev–Trinajstić information content (AvgIpc) is 2.38. The number of hydrogen-bond donors (Lipinski definition) is 0. The average molecular weight is 268 g/mol. The monoisotopic (exact) mass is 267 g/mol. The van der Waals surface area contributed by atoms with Gasteiger partial charge in [0.2, 0.25) is 0 Å². The van der Waals surface area contributed by atoms with Crippen LogP contribution in [0.25, 0.3) is 22.0 Å². The Labute approximate surface area is 117 Å². The topological polar surface area (TPSA) is 12.9 Å². The van der Waals surface area contributed by atoms with E-state index in [4.69, 9.17) is 11.6 Å². The molecule has 1 aromatic heterocycles. The Morgan fingerprint density at radius 2 is 1.68 bits per heavy atom. The molecule has 0 aliphatic heterocycles. The summed E-state index contributed by atoms with van der Waals surface area (Å²) in [4.78, 5) is 4.40. The minimum atomic E-state index is 0.721. The standard InChI is InChI=1S/C17H14ClN/c1-11-4-3-5-12(2)17(11)15-8-9-19-16-10-13(18)6-7-14(15)16/h3-10H,1-2H3. The molecule has 2 aromatic carbocycles. The van der Waals surface area contributed by atoms with E-state index in [1.54, 1.807) is 0 Å². The number of nitrogens with zero attached hydrogens (tertiary/aromatic N) is 1. The van der Waals surface area contributed by atoms with E-state index < -0.39 is 0 Å². The van der Waals surface area contributed by atoms with Crippen LogP contribution in [0.2, 0.25) is 5.02 Å². The van der Waals surface area contributed by atoms with Crippen molar-refractivity contribution in [1.29, 1.82) is 0 Å². The van der Waals surface area contributed by atoms with Crippen molar-refractivity contribution in [2.24, 2.45) is 0 Å². The van der Waals surface area contributed by atoms with Gasteiger partial charge in [-0.2, -0.15) is 0 Å². The number of benzene rings is 2. The molecule has 0 saturated carbocycles. The van der Waals surface area contributed by atoms with Crippen LogP contribution in [0.5, 0.6) is 0 Å². The van der Waals surface area contributed by atoms with Crippen LogP contribution in [-0.4, -0.2) is 4.98 Å². The molecule has 1 nitrogen and oxygen atoms in total. The quantitative estimate of drug-likeness (QED) is 0.593. The highest BCUT2D eigenvalue weighted by atomic mass is 35.5. The first-order valence-electron chi connectivity index (χ1n) is 6.27. The Balaban J connectivity index is 2.37. The zero-order valence-corrected chi connectivity index (χ0v) is 11.7. The molecule has 0 atom stereocenters. The van der Waals surface area contributed by atoms with Crippen LogP contribution in [0, 0.1) is 13.8 Å². The Morgan fingerprint density at radius 1 is 0.947 bits per heavy atom. The lowest BCUT2D eigenvalue weighted by Crippen LogP contribution is -1.90. The lowest BCUT2D eigenvalue weighted by atomic mass is 9.93. The number of pyridine rings is 1. The number of aryl methyl sites for hydroxylation is 2. The molecule has 19 heavy (non-hydrogen) atoms. The normalized spacial score (nSPS) is 10.9. The highest BCUT2D eigenvalue weighted by Gasteiger charge is 2.09. The van der Waals surface area contributed by atoms with Crippen molar-refractivity contribution < 1.29 is 0 Å². The van der Waals surface area contributed by atoms with Gasteiger partial charge in [-0.25, -0.2) is 0 Å². The molecule has 3 rings (SSSR count). The third kappa shape index (κ3) is 2.11. The zero-order chi connectivity index (χ0) is 13.4. The molecule has 3 aromatic rings. The van der Waals surface area contributed by atoms with Crippen LogP contribution >= 0.6 is 11.6 Å². The van der Waals surface area contributed by atoms with E-state index in [2.05, 4.69) is 43.1 Å². The van der Waals surface area contributed by atoms with Gasteiger partial charge in [0.25, 0.3) is 0 Å². The van der Waals surface area contributed by atoms with E-state index in [0.717, 1.165) is 15.9 Å². The Bertz CT molecular complexity index is 742. The molecule has 0 aliphatic carbocycles. The highest BCUT2D eigenvalue weighted by molar-refractivity contribution is 6.31. The van der Waals surface area contributed by atoms with E-state index in [-0.39, 0.29) is 0 Å². The molecule has 0 radical (unpaired) electrons. The number of hydrogen-bond acceptors (Lipinski definition) is 1. The van der Waals surface area contributed by atoms with Crippen LogP contribution in [0.1, 0.15) is 11.1 Å². The third-order valence-corrected chi connectivity index (χ3v) is 3.69. The molecule has 0 unspecified atom stereocenters. The summed E-state index contributed by atoms with van der Waals surface area (Å²) in [7, 11) is 0. The molecule has 94 valence electrons. The third-order valence-electron chi connectivity index (χ3n) is 3.46. The number of aromatic nitrogens is 1. The highest BCUT2D eigenvalue weighted by Crippen LogP contribution is 2.33. The number of rotatable bonds is 1. The molecule has 0 saturated heterocycles. The summed E-state index contributed by atoms with van der Waals surface area (Å²) in [6, 6.07) is 14.3. The van der Waals surface area contributed by atoms with Gasteiger partial charge in [-0.1, -0.05) is 35.9 Å². The summed E-state index contributed by atoms with van der Waals surface area (Å²) < 4.78 is 0. The van der Waals surface area contributed by atoms with Gasteiger partial charge in [0.05, 0.1) is 5.52 Å². The molecule has 0 fully saturated rings. The summed E-state index contributed by atoms with van der Waals surface area (Å²) in [6.45, 7) is 4.29. The van der Waals surface area contributed by atoms with Gasteiger partial charge in [-0.05, 0) is 54.3 Å². The Hall–Kier alpha value is -1.86. The van der Waals surface area contributed by atoms with Crippen LogP contribution in [0.3, 0.4) is 0 Å². The van der Waals surface area contributed by atoms with Gasteiger partial charge < -0.3 is 0 Å². The fourth-order valence-corrected chi connectivity index (χ4v) is 2.74. The van der Waals surface area contributed by atoms with Gasteiger partial charge in [0.15, 0.2) is 0 Å². The van der Waals surface area contributed by atoms with E-state index >= 15 is 0 Å². The largest absolute Gasteiger partial charge is 0.256 e. The zero-order valence-electron chi connectivity index (χ0n) is 10.9. The van der Waals surface area contributed by atoms with E-state index in [1.807, 2.05) is 24.4 Å². The second-order valence-corrected chi connectivity index (χ2v) is 5.22. The Morgan fingerprint density at radius 3 is 2.42 bits per heavy atom. The van der Waals surface area contributed by atoms with E-state index in [1.165, 1.54) is 22.3 Å². The molecule has 1 heterocycles. The predicted octanol–water partition coefficient (Wildman–Crippen LogP) is 5.17. The predicted molar refractivity (Wildman–Crippen MR) is 81.7 cm³/mol. The van der Waals surface area contributed by atoms with Crippen molar-refractivity contribution >= 4 is 22.5 Å². The van der Waals surface area contributed by atoms with Gasteiger partial charge >= 0.3 is 0 Å². The Kier molecular flexibility index (Phi) is 3.00. The molecule has 0 aliphatic rings. The van der Waals surface area contributed by atoms with Crippen molar-refractivity contribution in [2.45, 2.75) is 13.8 Å². The first kappa shape index (κ1) is 12.2. The van der Waals surface area contributed by atoms with E-state index in [0.29, 0.717) is 0 Å². The number of fused-ring (bicyclic) bond motifs is 1. The second kappa shape index (κ2) is 4.67. The van der Waals surface area contributed by atoms with Crippen LogP contribution in [0.4, 0.5) is 0 Å². The maximum atomic E-state index is 6.04. The van der Waals surface area contributed by atoms with Gasteiger partial charge in [-0.3, -0.25) is 4.98 Å². The summed E-state index contributed by atoms with van der Waals surface area (Å²) >= 11 is 6.04. The van der Waals surface area contributed by atoms with Gasteiger partial charge in [-0.15, -0.1) is 0 Å². The van der Waals surface area contributed by atoms with Crippen LogP contribution in [0.15, 0.2) is 48.7 Å². The lowest BCUT2D eigenvalue weighted by Gasteiger charge is -2.12.